The number of carboxylic acids is 1. The van der Waals surface area contributed by atoms with Crippen LogP contribution in [0.25, 0.3) is 0 Å². The highest BCUT2D eigenvalue weighted by atomic mass is 16.4. The fraction of sp³-hybridized carbons (Fsp3) is 0.889. The van der Waals surface area contributed by atoms with E-state index in [1.807, 2.05) is 0 Å². The van der Waals surface area contributed by atoms with Crippen LogP contribution >= 0.6 is 0 Å². The molecule has 0 radical (unpaired) electrons. The van der Waals surface area contributed by atoms with Gasteiger partial charge >= 0.3 is 5.97 Å². The third-order valence-electron chi connectivity index (χ3n) is 2.01. The molecule has 3 heteroatoms. The van der Waals surface area contributed by atoms with Gasteiger partial charge in [-0.2, -0.15) is 0 Å². The Kier molecular flexibility index (Phi) is 6.76. The number of aliphatic carboxylic acids is 1. The lowest BCUT2D eigenvalue weighted by molar-refractivity contribution is -0.138. The van der Waals surface area contributed by atoms with E-state index in [0.717, 1.165) is 12.8 Å². The highest BCUT2D eigenvalue weighted by Crippen LogP contribution is 2.12. The number of unbranched alkanes of at least 4 members (excludes halogenated alkanes) is 2. The van der Waals surface area contributed by atoms with Crippen LogP contribution in [0.4, 0.5) is 0 Å². The highest BCUT2D eigenvalue weighted by Gasteiger charge is 2.10. The molecule has 0 saturated heterocycles. The fourth-order valence-corrected chi connectivity index (χ4v) is 1.23. The molecule has 0 bridgehead atoms. The topological polar surface area (TPSA) is 63.3 Å². The largest absolute Gasteiger partial charge is 0.481 e. The zero-order valence-corrected chi connectivity index (χ0v) is 7.75. The summed E-state index contributed by atoms with van der Waals surface area (Å²) in [6.07, 6.45) is 4.63. The smallest absolute Gasteiger partial charge is 0.303 e. The Hall–Kier alpha value is -0.570. The monoisotopic (exact) mass is 173 g/mol. The van der Waals surface area contributed by atoms with Crippen molar-refractivity contribution in [1.82, 2.24) is 0 Å². The van der Waals surface area contributed by atoms with E-state index in [4.69, 9.17) is 10.8 Å². The molecular weight excluding hydrogens is 154 g/mol. The zero-order chi connectivity index (χ0) is 9.40. The maximum Gasteiger partial charge on any atom is 0.303 e. The number of rotatable bonds is 7. The lowest BCUT2D eigenvalue weighted by Crippen LogP contribution is -2.17. The van der Waals surface area contributed by atoms with Gasteiger partial charge in [0.2, 0.25) is 0 Å². The minimum Gasteiger partial charge on any atom is -0.481 e. The second-order valence-corrected chi connectivity index (χ2v) is 3.20. The number of hydrogen-bond donors (Lipinski definition) is 2. The second-order valence-electron chi connectivity index (χ2n) is 3.20. The van der Waals surface area contributed by atoms with Gasteiger partial charge < -0.3 is 10.8 Å². The minimum atomic E-state index is -0.734. The van der Waals surface area contributed by atoms with Gasteiger partial charge in [-0.3, -0.25) is 4.79 Å². The Labute approximate surface area is 74.0 Å². The van der Waals surface area contributed by atoms with E-state index in [-0.39, 0.29) is 12.3 Å². The summed E-state index contributed by atoms with van der Waals surface area (Å²) in [5.41, 5.74) is 5.44. The van der Waals surface area contributed by atoms with Gasteiger partial charge in [-0.15, -0.1) is 0 Å². The summed E-state index contributed by atoms with van der Waals surface area (Å²) in [7, 11) is 0. The Balaban J connectivity index is 3.46. The Bertz CT molecular complexity index is 126. The average Bonchev–Trinajstić information content (AvgIpc) is 2.02. The van der Waals surface area contributed by atoms with Crippen LogP contribution in [-0.4, -0.2) is 17.6 Å². The molecule has 0 aromatic carbocycles. The fourth-order valence-electron chi connectivity index (χ4n) is 1.23. The van der Waals surface area contributed by atoms with Crippen LogP contribution < -0.4 is 5.73 Å². The predicted molar refractivity (Wildman–Crippen MR) is 48.9 cm³/mol. The Morgan fingerprint density at radius 1 is 1.50 bits per heavy atom. The molecule has 0 amide bonds. The van der Waals surface area contributed by atoms with Gasteiger partial charge in [0.25, 0.3) is 0 Å². The molecular formula is C9H19NO2. The van der Waals surface area contributed by atoms with Crippen LogP contribution in [0.15, 0.2) is 0 Å². The Morgan fingerprint density at radius 3 is 2.58 bits per heavy atom. The van der Waals surface area contributed by atoms with E-state index in [1.165, 1.54) is 12.8 Å². The molecule has 12 heavy (non-hydrogen) atoms. The molecule has 0 aliphatic rings. The van der Waals surface area contributed by atoms with Gasteiger partial charge in [0.05, 0.1) is 0 Å². The summed E-state index contributed by atoms with van der Waals surface area (Å²) in [6, 6.07) is 0. The first-order chi connectivity index (χ1) is 5.70. The summed E-state index contributed by atoms with van der Waals surface area (Å²) in [4.78, 5) is 10.3. The SMILES string of the molecule is CCCCCC(CN)CC(=O)O. The molecule has 3 N–H and O–H groups in total. The molecule has 1 unspecified atom stereocenters. The molecule has 0 saturated carbocycles. The zero-order valence-electron chi connectivity index (χ0n) is 7.75. The summed E-state index contributed by atoms with van der Waals surface area (Å²) in [5.74, 6) is -0.559. The third kappa shape index (κ3) is 6.16. The number of carboxylic acid groups (broad SMARTS) is 1. The minimum absolute atomic E-state index is 0.175. The molecule has 0 fully saturated rings. The molecule has 0 aliphatic carbocycles. The van der Waals surface area contributed by atoms with Crippen molar-refractivity contribution in [3.63, 3.8) is 0 Å². The van der Waals surface area contributed by atoms with E-state index < -0.39 is 5.97 Å². The molecule has 0 aromatic heterocycles. The molecule has 1 atom stereocenters. The van der Waals surface area contributed by atoms with Crippen molar-refractivity contribution in [3.8, 4) is 0 Å². The quantitative estimate of drug-likeness (QED) is 0.575. The molecule has 0 rings (SSSR count). The van der Waals surface area contributed by atoms with E-state index in [0.29, 0.717) is 6.54 Å². The molecule has 72 valence electrons. The summed E-state index contributed by atoms with van der Waals surface area (Å²) in [6.45, 7) is 2.63. The third-order valence-corrected chi connectivity index (χ3v) is 2.01. The van der Waals surface area contributed by atoms with Crippen molar-refractivity contribution >= 4 is 5.97 Å². The van der Waals surface area contributed by atoms with Crippen LogP contribution in [0, 0.1) is 5.92 Å². The summed E-state index contributed by atoms with van der Waals surface area (Å²) in [5, 5.41) is 8.52. The van der Waals surface area contributed by atoms with Crippen LogP contribution in [0.1, 0.15) is 39.0 Å². The van der Waals surface area contributed by atoms with E-state index in [9.17, 15) is 4.79 Å². The van der Waals surface area contributed by atoms with Gasteiger partial charge in [0.15, 0.2) is 0 Å². The highest BCUT2D eigenvalue weighted by molar-refractivity contribution is 5.67. The molecule has 3 nitrogen and oxygen atoms in total. The first-order valence-corrected chi connectivity index (χ1v) is 4.62. The first-order valence-electron chi connectivity index (χ1n) is 4.62. The molecule has 0 aliphatic heterocycles. The molecule has 0 heterocycles. The van der Waals surface area contributed by atoms with Gasteiger partial charge in [-0.05, 0) is 18.9 Å². The van der Waals surface area contributed by atoms with Crippen LogP contribution in [-0.2, 0) is 4.79 Å². The van der Waals surface area contributed by atoms with Crippen molar-refractivity contribution in [3.05, 3.63) is 0 Å². The molecule has 0 spiro atoms. The van der Waals surface area contributed by atoms with E-state index in [2.05, 4.69) is 6.92 Å². The van der Waals surface area contributed by atoms with Gasteiger partial charge in [-0.25, -0.2) is 0 Å². The maximum atomic E-state index is 10.3. The molecule has 0 aromatic rings. The number of carbonyl (C=O) groups is 1. The second kappa shape index (κ2) is 7.10. The normalized spacial score (nSPS) is 12.8. The van der Waals surface area contributed by atoms with Crippen molar-refractivity contribution in [2.75, 3.05) is 6.54 Å². The van der Waals surface area contributed by atoms with Crippen molar-refractivity contribution in [2.24, 2.45) is 11.7 Å². The number of nitrogens with two attached hydrogens (primary N) is 1. The number of hydrogen-bond acceptors (Lipinski definition) is 2. The van der Waals surface area contributed by atoms with Crippen molar-refractivity contribution in [1.29, 1.82) is 0 Å². The standard InChI is InChI=1S/C9H19NO2/c1-2-3-4-5-8(7-10)6-9(11)12/h8H,2-7,10H2,1H3,(H,11,12). The lowest BCUT2D eigenvalue weighted by atomic mass is 9.98. The van der Waals surface area contributed by atoms with Gasteiger partial charge in [-0.1, -0.05) is 26.2 Å². The summed E-state index contributed by atoms with van der Waals surface area (Å²) >= 11 is 0. The first kappa shape index (κ1) is 11.4. The summed E-state index contributed by atoms with van der Waals surface area (Å²) < 4.78 is 0. The van der Waals surface area contributed by atoms with Gasteiger partial charge in [0, 0.05) is 6.42 Å². The van der Waals surface area contributed by atoms with E-state index >= 15 is 0 Å². The van der Waals surface area contributed by atoms with Crippen molar-refractivity contribution in [2.45, 2.75) is 39.0 Å². The average molecular weight is 173 g/mol. The Morgan fingerprint density at radius 2 is 2.17 bits per heavy atom. The van der Waals surface area contributed by atoms with Crippen LogP contribution in [0.5, 0.6) is 0 Å². The van der Waals surface area contributed by atoms with Crippen LogP contribution in [0.3, 0.4) is 0 Å². The van der Waals surface area contributed by atoms with E-state index in [1.54, 1.807) is 0 Å². The lowest BCUT2D eigenvalue weighted by Gasteiger charge is -2.10. The maximum absolute atomic E-state index is 10.3. The van der Waals surface area contributed by atoms with Crippen LogP contribution in [0.2, 0.25) is 0 Å². The predicted octanol–water partition coefficient (Wildman–Crippen LogP) is 1.62. The van der Waals surface area contributed by atoms with Gasteiger partial charge in [0.1, 0.15) is 0 Å². The van der Waals surface area contributed by atoms with Crippen molar-refractivity contribution < 1.29 is 9.90 Å².